The number of hydrogen-bond acceptors (Lipinski definition) is 0. The van der Waals surface area contributed by atoms with Crippen LogP contribution in [0, 0.1) is 6.08 Å². The second-order valence-corrected chi connectivity index (χ2v) is 2.30. The summed E-state index contributed by atoms with van der Waals surface area (Å²) in [6.45, 7) is 4.39. The van der Waals surface area contributed by atoms with E-state index in [4.69, 9.17) is 0 Å². The number of rotatable bonds is 2. The van der Waals surface area contributed by atoms with E-state index in [0.29, 0.717) is 0 Å². The Hall–Kier alpha value is -0.000519. The molecule has 0 aromatic rings. The minimum atomic E-state index is 0. The van der Waals surface area contributed by atoms with Crippen molar-refractivity contribution in [3.63, 3.8) is 0 Å². The molecular weight excluding hydrogens is 164 g/mol. The molecule has 0 fully saturated rings. The van der Waals surface area contributed by atoms with Crippen LogP contribution in [0.25, 0.3) is 0 Å². The molecule has 58 valence electrons. The first-order valence-corrected chi connectivity index (χ1v) is 3.67. The summed E-state index contributed by atoms with van der Waals surface area (Å²) in [6.07, 6.45) is 8.99. The SMILES string of the molecule is CCC1=[C-]CC=C1CC.[Fe]. The van der Waals surface area contributed by atoms with Crippen molar-refractivity contribution in [3.8, 4) is 0 Å². The van der Waals surface area contributed by atoms with Crippen LogP contribution in [0.4, 0.5) is 0 Å². The van der Waals surface area contributed by atoms with Crippen LogP contribution in [0.3, 0.4) is 0 Å². The Balaban J connectivity index is 0.000000810. The van der Waals surface area contributed by atoms with Crippen LogP contribution in [0.15, 0.2) is 17.2 Å². The molecule has 0 aromatic heterocycles. The number of allylic oxidation sites excluding steroid dienone is 4. The van der Waals surface area contributed by atoms with Gasteiger partial charge in [0.1, 0.15) is 0 Å². The molecule has 0 nitrogen and oxygen atoms in total. The predicted octanol–water partition coefficient (Wildman–Crippen LogP) is 2.86. The Kier molecular flexibility index (Phi) is 4.76. The van der Waals surface area contributed by atoms with Crippen molar-refractivity contribution < 1.29 is 17.1 Å². The van der Waals surface area contributed by atoms with E-state index in [1.165, 1.54) is 17.6 Å². The largest absolute Gasteiger partial charge is 0.269 e. The molecule has 1 aliphatic carbocycles. The van der Waals surface area contributed by atoms with E-state index in [0.717, 1.165) is 12.8 Å². The Morgan fingerprint density at radius 1 is 1.40 bits per heavy atom. The molecule has 0 unspecified atom stereocenters. The zero-order valence-electron chi connectivity index (χ0n) is 6.55. The zero-order chi connectivity index (χ0) is 6.69. The molecule has 0 spiro atoms. The van der Waals surface area contributed by atoms with Crippen molar-refractivity contribution in [2.24, 2.45) is 0 Å². The molecule has 10 heavy (non-hydrogen) atoms. The first-order chi connectivity index (χ1) is 4.38. The van der Waals surface area contributed by atoms with Crippen molar-refractivity contribution in [2.45, 2.75) is 33.1 Å². The fourth-order valence-electron chi connectivity index (χ4n) is 1.24. The van der Waals surface area contributed by atoms with Crippen LogP contribution >= 0.6 is 0 Å². The van der Waals surface area contributed by atoms with E-state index in [1.54, 1.807) is 0 Å². The van der Waals surface area contributed by atoms with E-state index in [2.05, 4.69) is 26.0 Å². The molecule has 1 rings (SSSR count). The fourth-order valence-corrected chi connectivity index (χ4v) is 1.24. The molecule has 0 saturated heterocycles. The Bertz CT molecular complexity index is 136. The smallest absolute Gasteiger partial charge is 0 e. The normalized spacial score (nSPS) is 15.8. The average Bonchev–Trinajstić information content (AvgIpc) is 2.33. The summed E-state index contributed by atoms with van der Waals surface area (Å²) < 4.78 is 0. The third-order valence-corrected chi connectivity index (χ3v) is 1.79. The van der Waals surface area contributed by atoms with Gasteiger partial charge in [-0.1, -0.05) is 26.7 Å². The van der Waals surface area contributed by atoms with Gasteiger partial charge in [-0.3, -0.25) is 6.08 Å². The summed E-state index contributed by atoms with van der Waals surface area (Å²) in [5.41, 5.74) is 2.95. The van der Waals surface area contributed by atoms with Gasteiger partial charge in [0.2, 0.25) is 0 Å². The van der Waals surface area contributed by atoms with Gasteiger partial charge >= 0.3 is 0 Å². The quantitative estimate of drug-likeness (QED) is 0.449. The molecule has 0 atom stereocenters. The minimum absolute atomic E-state index is 0. The third-order valence-electron chi connectivity index (χ3n) is 1.79. The van der Waals surface area contributed by atoms with E-state index < -0.39 is 0 Å². The summed E-state index contributed by atoms with van der Waals surface area (Å²) in [4.78, 5) is 0. The third kappa shape index (κ3) is 2.00. The van der Waals surface area contributed by atoms with Crippen molar-refractivity contribution in [2.75, 3.05) is 0 Å². The van der Waals surface area contributed by atoms with Gasteiger partial charge < -0.3 is 0 Å². The molecule has 1 heteroatoms. The molecule has 0 heterocycles. The van der Waals surface area contributed by atoms with Gasteiger partial charge in [0.15, 0.2) is 0 Å². The minimum Gasteiger partial charge on any atom is -0.269 e. The second kappa shape index (κ2) is 4.76. The van der Waals surface area contributed by atoms with Crippen molar-refractivity contribution >= 4 is 0 Å². The Morgan fingerprint density at radius 2 is 2.10 bits per heavy atom. The first kappa shape index (κ1) is 10.00. The van der Waals surface area contributed by atoms with Crippen LogP contribution in [-0.2, 0) is 17.1 Å². The van der Waals surface area contributed by atoms with Crippen LogP contribution in [0.1, 0.15) is 33.1 Å². The van der Waals surface area contributed by atoms with Gasteiger partial charge in [-0.15, -0.1) is 6.42 Å². The maximum atomic E-state index is 3.33. The summed E-state index contributed by atoms with van der Waals surface area (Å²) >= 11 is 0. The molecular formula is C9H13Fe-. The maximum absolute atomic E-state index is 3.33. The van der Waals surface area contributed by atoms with Crippen LogP contribution in [0.5, 0.6) is 0 Å². The molecule has 0 N–H and O–H groups in total. The summed E-state index contributed by atoms with van der Waals surface area (Å²) in [7, 11) is 0. The van der Waals surface area contributed by atoms with Gasteiger partial charge in [0, 0.05) is 17.1 Å². The topological polar surface area (TPSA) is 0 Å². The van der Waals surface area contributed by atoms with E-state index in [1.807, 2.05) is 0 Å². The van der Waals surface area contributed by atoms with E-state index >= 15 is 0 Å². The molecule has 0 aliphatic heterocycles. The molecule has 1 aliphatic rings. The van der Waals surface area contributed by atoms with Crippen molar-refractivity contribution in [1.82, 2.24) is 0 Å². The van der Waals surface area contributed by atoms with Crippen LogP contribution in [0.2, 0.25) is 0 Å². The summed E-state index contributed by atoms with van der Waals surface area (Å²) in [6, 6.07) is 0. The Morgan fingerprint density at radius 3 is 2.50 bits per heavy atom. The molecule has 0 amide bonds. The van der Waals surface area contributed by atoms with Gasteiger partial charge in [-0.25, -0.2) is 5.57 Å². The van der Waals surface area contributed by atoms with Gasteiger partial charge in [-0.05, 0) is 0 Å². The average molecular weight is 177 g/mol. The van der Waals surface area contributed by atoms with Crippen molar-refractivity contribution in [3.05, 3.63) is 23.3 Å². The molecule has 0 saturated carbocycles. The first-order valence-electron chi connectivity index (χ1n) is 3.67. The summed E-state index contributed by atoms with van der Waals surface area (Å²) in [5, 5.41) is 0. The van der Waals surface area contributed by atoms with Gasteiger partial charge in [-0.2, -0.15) is 11.6 Å². The zero-order valence-corrected chi connectivity index (χ0v) is 7.66. The van der Waals surface area contributed by atoms with Gasteiger partial charge in [0.25, 0.3) is 0 Å². The fraction of sp³-hybridized carbons (Fsp3) is 0.556. The second-order valence-electron chi connectivity index (χ2n) is 2.30. The molecule has 0 aromatic carbocycles. The Labute approximate surface area is 73.9 Å². The maximum Gasteiger partial charge on any atom is 0 e. The van der Waals surface area contributed by atoms with E-state index in [9.17, 15) is 0 Å². The standard InChI is InChI=1S/C9H13.Fe/c1-3-8-6-5-7-9(8)4-2;/h6H,3-5H2,1-2H3;/q-1;. The summed E-state index contributed by atoms with van der Waals surface area (Å²) in [5.74, 6) is 0. The van der Waals surface area contributed by atoms with Gasteiger partial charge in [0.05, 0.1) is 0 Å². The molecule has 0 radical (unpaired) electrons. The van der Waals surface area contributed by atoms with Crippen molar-refractivity contribution in [1.29, 1.82) is 0 Å². The predicted molar refractivity (Wildman–Crippen MR) is 40.0 cm³/mol. The number of hydrogen-bond donors (Lipinski definition) is 0. The monoisotopic (exact) mass is 177 g/mol. The van der Waals surface area contributed by atoms with Crippen LogP contribution < -0.4 is 0 Å². The van der Waals surface area contributed by atoms with E-state index in [-0.39, 0.29) is 17.1 Å². The molecule has 0 bridgehead atoms. The van der Waals surface area contributed by atoms with Crippen LogP contribution in [-0.4, -0.2) is 0 Å².